The number of hydrogen-bond acceptors (Lipinski definition) is 3. The molecule has 1 fully saturated rings. The average Bonchev–Trinajstić information content (AvgIpc) is 2.51. The highest BCUT2D eigenvalue weighted by molar-refractivity contribution is 5.60. The van der Waals surface area contributed by atoms with Crippen LogP contribution in [0.1, 0.15) is 34.1 Å². The van der Waals surface area contributed by atoms with E-state index in [4.69, 9.17) is 4.74 Å². The number of anilines is 1. The topological polar surface area (TPSA) is 24.5 Å². The molecule has 0 spiro atoms. The van der Waals surface area contributed by atoms with Crippen molar-refractivity contribution in [1.82, 2.24) is 5.32 Å². The van der Waals surface area contributed by atoms with Gasteiger partial charge in [0.1, 0.15) is 5.75 Å². The van der Waals surface area contributed by atoms with Crippen LogP contribution in [-0.2, 0) is 0 Å². The summed E-state index contributed by atoms with van der Waals surface area (Å²) in [5, 5.41) is 3.60. The number of nitrogens with zero attached hydrogens (tertiary/aromatic N) is 1. The zero-order chi connectivity index (χ0) is 13.9. The molecule has 0 aromatic heterocycles. The fourth-order valence-electron chi connectivity index (χ4n) is 2.65. The maximum atomic E-state index is 5.79. The summed E-state index contributed by atoms with van der Waals surface area (Å²) >= 11 is 0. The Morgan fingerprint density at radius 3 is 2.84 bits per heavy atom. The fraction of sp³-hybridized carbons (Fsp3) is 0.625. The Labute approximate surface area is 116 Å². The number of para-hydroxylation sites is 2. The Morgan fingerprint density at radius 1 is 1.37 bits per heavy atom. The molecule has 1 aliphatic rings. The second-order valence-electron chi connectivity index (χ2n) is 5.94. The van der Waals surface area contributed by atoms with Crippen LogP contribution >= 0.6 is 0 Å². The van der Waals surface area contributed by atoms with Crippen LogP contribution in [0.2, 0.25) is 0 Å². The van der Waals surface area contributed by atoms with Crippen LogP contribution in [-0.4, -0.2) is 31.3 Å². The molecule has 1 heterocycles. The highest BCUT2D eigenvalue weighted by Crippen LogP contribution is 2.34. The first kappa shape index (κ1) is 14.2. The van der Waals surface area contributed by atoms with E-state index in [9.17, 15) is 0 Å². The molecule has 106 valence electrons. The van der Waals surface area contributed by atoms with Crippen LogP contribution < -0.4 is 15.0 Å². The molecule has 2 rings (SSSR count). The van der Waals surface area contributed by atoms with E-state index in [2.05, 4.69) is 49.2 Å². The van der Waals surface area contributed by atoms with Crippen molar-refractivity contribution >= 4 is 5.69 Å². The summed E-state index contributed by atoms with van der Waals surface area (Å²) in [6.07, 6.45) is 1.16. The predicted molar refractivity (Wildman–Crippen MR) is 81.1 cm³/mol. The summed E-state index contributed by atoms with van der Waals surface area (Å²) in [5.74, 6) is 0.993. The first-order chi connectivity index (χ1) is 9.04. The second kappa shape index (κ2) is 5.83. The lowest BCUT2D eigenvalue weighted by Gasteiger charge is -2.39. The lowest BCUT2D eigenvalue weighted by atomic mass is 10.0. The van der Waals surface area contributed by atoms with Gasteiger partial charge in [-0.25, -0.2) is 0 Å². The monoisotopic (exact) mass is 262 g/mol. The summed E-state index contributed by atoms with van der Waals surface area (Å²) in [5.41, 5.74) is 1.31. The van der Waals surface area contributed by atoms with Gasteiger partial charge >= 0.3 is 0 Å². The Hall–Kier alpha value is -1.22. The number of hydrogen-bond donors (Lipinski definition) is 1. The Kier molecular flexibility index (Phi) is 4.35. The third kappa shape index (κ3) is 3.21. The molecule has 1 aromatic carbocycles. The number of ether oxygens (including phenoxy) is 1. The van der Waals surface area contributed by atoms with Crippen molar-refractivity contribution in [2.45, 2.75) is 45.7 Å². The summed E-state index contributed by atoms with van der Waals surface area (Å²) in [4.78, 5) is 2.48. The maximum Gasteiger partial charge on any atom is 0.142 e. The van der Waals surface area contributed by atoms with Gasteiger partial charge in [-0.05, 0) is 46.2 Å². The highest BCUT2D eigenvalue weighted by Gasteiger charge is 2.31. The molecule has 0 amide bonds. The van der Waals surface area contributed by atoms with Crippen LogP contribution in [0.4, 0.5) is 5.69 Å². The van der Waals surface area contributed by atoms with E-state index in [1.165, 1.54) is 5.69 Å². The molecular weight excluding hydrogens is 236 g/mol. The standard InChI is InChI=1S/C16H26N2O/c1-5-19-15-9-7-6-8-14(15)18-11-10-13(2)17-12-16(18,3)4/h6-9,13,17H,5,10-12H2,1-4H3. The summed E-state index contributed by atoms with van der Waals surface area (Å²) in [6, 6.07) is 8.94. The van der Waals surface area contributed by atoms with E-state index in [0.29, 0.717) is 12.6 Å². The third-order valence-electron chi connectivity index (χ3n) is 3.86. The molecule has 3 nitrogen and oxygen atoms in total. The molecule has 3 heteroatoms. The highest BCUT2D eigenvalue weighted by atomic mass is 16.5. The maximum absolute atomic E-state index is 5.79. The molecule has 0 radical (unpaired) electrons. The average molecular weight is 262 g/mol. The predicted octanol–water partition coefficient (Wildman–Crippen LogP) is 3.05. The van der Waals surface area contributed by atoms with Gasteiger partial charge in [0, 0.05) is 24.7 Å². The molecule has 1 saturated heterocycles. The SMILES string of the molecule is CCOc1ccccc1N1CCC(C)NCC1(C)C. The lowest BCUT2D eigenvalue weighted by Crippen LogP contribution is -2.49. The minimum atomic E-state index is 0.0952. The molecule has 1 unspecified atom stereocenters. The van der Waals surface area contributed by atoms with Gasteiger partial charge in [-0.2, -0.15) is 0 Å². The van der Waals surface area contributed by atoms with Crippen LogP contribution in [0.5, 0.6) is 5.75 Å². The van der Waals surface area contributed by atoms with Gasteiger partial charge in [-0.3, -0.25) is 0 Å². The molecular formula is C16H26N2O. The first-order valence-corrected chi connectivity index (χ1v) is 7.27. The molecule has 0 aliphatic carbocycles. The normalized spacial score (nSPS) is 22.9. The largest absolute Gasteiger partial charge is 0.492 e. The third-order valence-corrected chi connectivity index (χ3v) is 3.86. The van der Waals surface area contributed by atoms with Crippen molar-refractivity contribution in [1.29, 1.82) is 0 Å². The first-order valence-electron chi connectivity index (χ1n) is 7.27. The van der Waals surface area contributed by atoms with E-state index in [0.717, 1.165) is 25.3 Å². The van der Waals surface area contributed by atoms with E-state index >= 15 is 0 Å². The van der Waals surface area contributed by atoms with Gasteiger partial charge in [0.05, 0.1) is 12.3 Å². The zero-order valence-corrected chi connectivity index (χ0v) is 12.6. The Balaban J connectivity index is 2.32. The van der Waals surface area contributed by atoms with E-state index in [-0.39, 0.29) is 5.54 Å². The van der Waals surface area contributed by atoms with Gasteiger partial charge in [0.25, 0.3) is 0 Å². The molecule has 1 N–H and O–H groups in total. The zero-order valence-electron chi connectivity index (χ0n) is 12.6. The second-order valence-corrected chi connectivity index (χ2v) is 5.94. The minimum absolute atomic E-state index is 0.0952. The van der Waals surface area contributed by atoms with Crippen molar-refractivity contribution < 1.29 is 4.74 Å². The lowest BCUT2D eigenvalue weighted by molar-refractivity contribution is 0.337. The number of rotatable bonds is 3. The Morgan fingerprint density at radius 2 is 2.11 bits per heavy atom. The molecule has 1 aromatic rings. The molecule has 1 aliphatic heterocycles. The molecule has 1 atom stereocenters. The van der Waals surface area contributed by atoms with E-state index in [1.807, 2.05) is 13.0 Å². The number of nitrogens with one attached hydrogen (secondary N) is 1. The summed E-state index contributed by atoms with van der Waals surface area (Å²) in [6.45, 7) is 11.6. The minimum Gasteiger partial charge on any atom is -0.492 e. The molecule has 0 bridgehead atoms. The van der Waals surface area contributed by atoms with Crippen LogP contribution in [0, 0.1) is 0 Å². The van der Waals surface area contributed by atoms with Crippen LogP contribution in [0.15, 0.2) is 24.3 Å². The quantitative estimate of drug-likeness (QED) is 0.906. The van der Waals surface area contributed by atoms with Crippen LogP contribution in [0.25, 0.3) is 0 Å². The van der Waals surface area contributed by atoms with Crippen LogP contribution in [0.3, 0.4) is 0 Å². The van der Waals surface area contributed by atoms with Gasteiger partial charge in [0.15, 0.2) is 0 Å². The van der Waals surface area contributed by atoms with E-state index in [1.54, 1.807) is 0 Å². The van der Waals surface area contributed by atoms with Crippen molar-refractivity contribution in [2.24, 2.45) is 0 Å². The summed E-state index contributed by atoms with van der Waals surface area (Å²) in [7, 11) is 0. The van der Waals surface area contributed by atoms with Crippen molar-refractivity contribution in [3.8, 4) is 5.75 Å². The fourth-order valence-corrected chi connectivity index (χ4v) is 2.65. The Bertz CT molecular complexity index is 417. The van der Waals surface area contributed by atoms with E-state index < -0.39 is 0 Å². The van der Waals surface area contributed by atoms with Crippen molar-refractivity contribution in [3.05, 3.63) is 24.3 Å². The van der Waals surface area contributed by atoms with Gasteiger partial charge in [-0.1, -0.05) is 12.1 Å². The smallest absolute Gasteiger partial charge is 0.142 e. The molecule has 0 saturated carbocycles. The summed E-state index contributed by atoms with van der Waals surface area (Å²) < 4.78 is 5.79. The van der Waals surface area contributed by atoms with Gasteiger partial charge in [0.2, 0.25) is 0 Å². The van der Waals surface area contributed by atoms with Gasteiger partial charge < -0.3 is 15.0 Å². The molecule has 19 heavy (non-hydrogen) atoms. The number of benzene rings is 1. The van der Waals surface area contributed by atoms with Gasteiger partial charge in [-0.15, -0.1) is 0 Å². The van der Waals surface area contributed by atoms with Crippen molar-refractivity contribution in [3.63, 3.8) is 0 Å². The van der Waals surface area contributed by atoms with Crippen molar-refractivity contribution in [2.75, 3.05) is 24.6 Å².